The molecule has 1 N–H and O–H groups in total. The van der Waals surface area contributed by atoms with Crippen molar-refractivity contribution in [2.24, 2.45) is 7.05 Å². The van der Waals surface area contributed by atoms with Crippen molar-refractivity contribution in [3.63, 3.8) is 0 Å². The standard InChI is InChI=1S/C15H19NO/c1-12-6-3-4-7-13(12)14(9-11-17)15-8-5-10-16(15)2/h3-8,10,14,17H,9,11H2,1-2H3. The number of aliphatic hydroxyl groups excluding tert-OH is 1. The van der Waals surface area contributed by atoms with Gasteiger partial charge in [-0.2, -0.15) is 0 Å². The van der Waals surface area contributed by atoms with Crippen LogP contribution in [0.1, 0.15) is 29.2 Å². The molecule has 90 valence electrons. The first-order chi connectivity index (χ1) is 8.24. The van der Waals surface area contributed by atoms with Gasteiger partial charge in [-0.15, -0.1) is 0 Å². The van der Waals surface area contributed by atoms with Crippen LogP contribution in [0, 0.1) is 6.92 Å². The van der Waals surface area contributed by atoms with Crippen LogP contribution in [0.15, 0.2) is 42.6 Å². The van der Waals surface area contributed by atoms with Gasteiger partial charge >= 0.3 is 0 Å². The molecule has 0 saturated heterocycles. The molecule has 17 heavy (non-hydrogen) atoms. The summed E-state index contributed by atoms with van der Waals surface area (Å²) in [6, 6.07) is 12.6. The third kappa shape index (κ3) is 2.42. The molecule has 1 unspecified atom stereocenters. The van der Waals surface area contributed by atoms with Crippen molar-refractivity contribution in [2.75, 3.05) is 6.61 Å². The van der Waals surface area contributed by atoms with Gasteiger partial charge in [-0.25, -0.2) is 0 Å². The van der Waals surface area contributed by atoms with Crippen molar-refractivity contribution in [1.82, 2.24) is 4.57 Å². The molecule has 0 aliphatic carbocycles. The normalized spacial score (nSPS) is 12.6. The lowest BCUT2D eigenvalue weighted by Crippen LogP contribution is -2.09. The lowest BCUT2D eigenvalue weighted by Gasteiger charge is -2.19. The van der Waals surface area contributed by atoms with E-state index in [1.54, 1.807) is 0 Å². The zero-order valence-corrected chi connectivity index (χ0v) is 10.4. The largest absolute Gasteiger partial charge is 0.396 e. The zero-order chi connectivity index (χ0) is 12.3. The van der Waals surface area contributed by atoms with Gasteiger partial charge in [0.25, 0.3) is 0 Å². The molecule has 2 nitrogen and oxygen atoms in total. The fourth-order valence-corrected chi connectivity index (χ4v) is 2.41. The van der Waals surface area contributed by atoms with Gasteiger partial charge in [-0.05, 0) is 36.6 Å². The lowest BCUT2D eigenvalue weighted by molar-refractivity contribution is 0.280. The molecule has 0 bridgehead atoms. The van der Waals surface area contributed by atoms with Crippen molar-refractivity contribution in [1.29, 1.82) is 0 Å². The number of nitrogens with zero attached hydrogens (tertiary/aromatic N) is 1. The third-order valence-electron chi connectivity index (χ3n) is 3.32. The molecule has 0 saturated carbocycles. The molecule has 0 radical (unpaired) electrons. The number of aliphatic hydroxyl groups is 1. The Morgan fingerprint density at radius 1 is 1.18 bits per heavy atom. The second-order valence-corrected chi connectivity index (χ2v) is 4.47. The molecule has 0 fully saturated rings. The topological polar surface area (TPSA) is 25.2 Å². The Kier molecular flexibility index (Phi) is 3.64. The van der Waals surface area contributed by atoms with E-state index in [4.69, 9.17) is 0 Å². The van der Waals surface area contributed by atoms with Crippen LogP contribution in [0.4, 0.5) is 0 Å². The molecule has 1 aromatic heterocycles. The third-order valence-corrected chi connectivity index (χ3v) is 3.32. The van der Waals surface area contributed by atoms with E-state index >= 15 is 0 Å². The Hall–Kier alpha value is -1.54. The second kappa shape index (κ2) is 5.19. The minimum absolute atomic E-state index is 0.212. The van der Waals surface area contributed by atoms with Crippen molar-refractivity contribution in [3.8, 4) is 0 Å². The van der Waals surface area contributed by atoms with Crippen LogP contribution >= 0.6 is 0 Å². The van der Waals surface area contributed by atoms with E-state index in [2.05, 4.69) is 61.1 Å². The number of aromatic nitrogens is 1. The predicted octanol–water partition coefficient (Wildman–Crippen LogP) is 2.85. The first-order valence-electron chi connectivity index (χ1n) is 6.01. The molecule has 0 spiro atoms. The van der Waals surface area contributed by atoms with Crippen LogP contribution < -0.4 is 0 Å². The smallest absolute Gasteiger partial charge is 0.0440 e. The summed E-state index contributed by atoms with van der Waals surface area (Å²) in [5, 5.41) is 9.27. The molecule has 0 aliphatic rings. The maximum atomic E-state index is 9.27. The van der Waals surface area contributed by atoms with E-state index < -0.39 is 0 Å². The summed E-state index contributed by atoms with van der Waals surface area (Å²) in [4.78, 5) is 0. The van der Waals surface area contributed by atoms with Gasteiger partial charge in [0.05, 0.1) is 0 Å². The van der Waals surface area contributed by atoms with Crippen LogP contribution in [0.3, 0.4) is 0 Å². The highest BCUT2D eigenvalue weighted by atomic mass is 16.3. The van der Waals surface area contributed by atoms with Gasteiger partial charge < -0.3 is 9.67 Å². The van der Waals surface area contributed by atoms with Gasteiger partial charge in [-0.1, -0.05) is 24.3 Å². The Balaban J connectivity index is 2.43. The molecule has 0 aliphatic heterocycles. The highest BCUT2D eigenvalue weighted by Crippen LogP contribution is 2.29. The number of hydrogen-bond acceptors (Lipinski definition) is 1. The van der Waals surface area contributed by atoms with Gasteiger partial charge in [-0.3, -0.25) is 0 Å². The highest BCUT2D eigenvalue weighted by Gasteiger charge is 2.17. The SMILES string of the molecule is Cc1ccccc1C(CCO)c1cccn1C. The first-order valence-corrected chi connectivity index (χ1v) is 6.01. The Morgan fingerprint density at radius 3 is 2.53 bits per heavy atom. The first kappa shape index (κ1) is 11.9. The summed E-state index contributed by atoms with van der Waals surface area (Å²) >= 11 is 0. The minimum atomic E-state index is 0.212. The Bertz CT molecular complexity index is 487. The van der Waals surface area contributed by atoms with Crippen LogP contribution in [0.5, 0.6) is 0 Å². The Morgan fingerprint density at radius 2 is 1.94 bits per heavy atom. The molecule has 1 atom stereocenters. The number of rotatable bonds is 4. The molecular formula is C15H19NO. The van der Waals surface area contributed by atoms with Crippen molar-refractivity contribution < 1.29 is 5.11 Å². The summed E-state index contributed by atoms with van der Waals surface area (Å²) in [6.07, 6.45) is 2.82. The summed E-state index contributed by atoms with van der Waals surface area (Å²) in [5.41, 5.74) is 3.85. The molecular weight excluding hydrogens is 210 g/mol. The van der Waals surface area contributed by atoms with Crippen LogP contribution in [-0.2, 0) is 7.05 Å². The minimum Gasteiger partial charge on any atom is -0.396 e. The Labute approximate surface area is 103 Å². The molecule has 1 heterocycles. The van der Waals surface area contributed by atoms with Crippen LogP contribution in [0.2, 0.25) is 0 Å². The second-order valence-electron chi connectivity index (χ2n) is 4.47. The average molecular weight is 229 g/mol. The van der Waals surface area contributed by atoms with Gasteiger partial charge in [0.1, 0.15) is 0 Å². The highest BCUT2D eigenvalue weighted by molar-refractivity contribution is 5.35. The van der Waals surface area contributed by atoms with E-state index in [0.717, 1.165) is 6.42 Å². The quantitative estimate of drug-likeness (QED) is 0.857. The zero-order valence-electron chi connectivity index (χ0n) is 10.4. The van der Waals surface area contributed by atoms with Crippen LogP contribution in [0.25, 0.3) is 0 Å². The summed E-state index contributed by atoms with van der Waals surface area (Å²) in [5.74, 6) is 0.279. The van der Waals surface area contributed by atoms with Crippen molar-refractivity contribution in [2.45, 2.75) is 19.3 Å². The lowest BCUT2D eigenvalue weighted by atomic mass is 9.89. The molecule has 2 rings (SSSR count). The fourth-order valence-electron chi connectivity index (χ4n) is 2.41. The number of hydrogen-bond donors (Lipinski definition) is 1. The molecule has 0 amide bonds. The molecule has 2 heteroatoms. The fraction of sp³-hybridized carbons (Fsp3) is 0.333. The summed E-state index contributed by atoms with van der Waals surface area (Å²) in [7, 11) is 2.05. The van der Waals surface area contributed by atoms with Crippen LogP contribution in [-0.4, -0.2) is 16.3 Å². The van der Waals surface area contributed by atoms with Gasteiger partial charge in [0.2, 0.25) is 0 Å². The maximum Gasteiger partial charge on any atom is 0.0440 e. The van der Waals surface area contributed by atoms with E-state index in [1.165, 1.54) is 16.8 Å². The van der Waals surface area contributed by atoms with Gasteiger partial charge in [0, 0.05) is 31.5 Å². The maximum absolute atomic E-state index is 9.27. The number of benzene rings is 1. The van der Waals surface area contributed by atoms with E-state index in [-0.39, 0.29) is 12.5 Å². The van der Waals surface area contributed by atoms with Crippen molar-refractivity contribution >= 4 is 0 Å². The summed E-state index contributed by atoms with van der Waals surface area (Å²) in [6.45, 7) is 2.34. The summed E-state index contributed by atoms with van der Waals surface area (Å²) < 4.78 is 2.13. The van der Waals surface area contributed by atoms with Gasteiger partial charge in [0.15, 0.2) is 0 Å². The average Bonchev–Trinajstić information content (AvgIpc) is 2.74. The molecule has 1 aromatic carbocycles. The number of aryl methyl sites for hydroxylation is 2. The van der Waals surface area contributed by atoms with Crippen molar-refractivity contribution in [3.05, 3.63) is 59.4 Å². The molecule has 2 aromatic rings. The van der Waals surface area contributed by atoms with E-state index in [1.807, 2.05) is 0 Å². The van der Waals surface area contributed by atoms with E-state index in [0.29, 0.717) is 0 Å². The van der Waals surface area contributed by atoms with E-state index in [9.17, 15) is 5.11 Å². The predicted molar refractivity (Wildman–Crippen MR) is 70.1 cm³/mol. The monoisotopic (exact) mass is 229 g/mol.